The first kappa shape index (κ1) is 35.5. The van der Waals surface area contributed by atoms with Gasteiger partial charge in [-0.15, -0.1) is 0 Å². The molecule has 0 N–H and O–H groups in total. The molecule has 0 radical (unpaired) electrons. The minimum Gasteiger partial charge on any atom is -0.375 e. The maximum Gasteiger partial charge on any atom is 0.333 e. The van der Waals surface area contributed by atoms with Gasteiger partial charge in [-0.1, -0.05) is 170 Å². The highest BCUT2D eigenvalue weighted by molar-refractivity contribution is 6.90. The van der Waals surface area contributed by atoms with Crippen molar-refractivity contribution in [3.8, 4) is 72.4 Å². The molecule has 0 aliphatic carbocycles. The summed E-state index contributed by atoms with van der Waals surface area (Å²) in [6, 6.07) is 81.6. The number of para-hydroxylation sites is 2. The monoisotopic (exact) mass is 810 g/mol. The van der Waals surface area contributed by atoms with E-state index in [0.717, 1.165) is 0 Å². The van der Waals surface area contributed by atoms with Crippen LogP contribution >= 0.6 is 0 Å². The SMILES string of the molecule is Cc1ccccc1-c1cc2c3c(c1)c1cc(-c4ccccc4)ccc1n3-c1ccc(-c3cc(-c4ccccc4)cc(-c4ccccc4)c3)c3c1B2n1c2ccccc2c2cccc-3c21. The van der Waals surface area contributed by atoms with Crippen LogP contribution in [0.2, 0.25) is 0 Å². The zero-order valence-electron chi connectivity index (χ0n) is 35.3. The van der Waals surface area contributed by atoms with E-state index >= 15 is 0 Å². The van der Waals surface area contributed by atoms with Crippen molar-refractivity contribution in [2.75, 3.05) is 0 Å². The van der Waals surface area contributed by atoms with Gasteiger partial charge in [0.1, 0.15) is 0 Å². The van der Waals surface area contributed by atoms with Gasteiger partial charge in [-0.3, -0.25) is 0 Å². The van der Waals surface area contributed by atoms with E-state index in [1.807, 2.05) is 0 Å². The van der Waals surface area contributed by atoms with Crippen molar-refractivity contribution in [3.63, 3.8) is 0 Å². The summed E-state index contributed by atoms with van der Waals surface area (Å²) in [5.41, 5.74) is 25.2. The van der Waals surface area contributed by atoms with Gasteiger partial charge in [0.05, 0.1) is 11.0 Å². The number of hydrogen-bond acceptors (Lipinski definition) is 0. The Balaban J connectivity index is 1.15. The van der Waals surface area contributed by atoms with Crippen LogP contribution in [0.1, 0.15) is 5.56 Å². The molecule has 3 heteroatoms. The van der Waals surface area contributed by atoms with E-state index in [1.54, 1.807) is 0 Å². The van der Waals surface area contributed by atoms with Gasteiger partial charge in [0.25, 0.3) is 0 Å². The molecule has 0 saturated heterocycles. The standard InChI is InChI=1S/C61H39BN2/c1-38-16-11-12-23-47(38)46-36-53-52-35-42(39-17-5-2-6-18-39)28-30-55(52)63-57-31-29-48(45-33-43(40-19-7-3-8-20-40)32-44(34-45)41-21-9-4-10-22-41)58-51-26-15-25-50-49-24-13-14-27-56(49)64(60(50)51)62(59(57)58)54(37-46)61(53)63/h2-37H,1H3. The maximum absolute atomic E-state index is 2.69. The largest absolute Gasteiger partial charge is 0.375 e. The molecule has 0 bridgehead atoms. The van der Waals surface area contributed by atoms with Gasteiger partial charge in [-0.2, -0.15) is 0 Å². The molecule has 2 aliphatic heterocycles. The molecule has 0 fully saturated rings. The fourth-order valence-electron chi connectivity index (χ4n) is 11.4. The molecule has 4 heterocycles. The molecule has 2 aromatic heterocycles. The molecule has 0 saturated carbocycles. The summed E-state index contributed by atoms with van der Waals surface area (Å²) in [5.74, 6) is 0. The number of fused-ring (bicyclic) bond motifs is 10. The molecule has 64 heavy (non-hydrogen) atoms. The Morgan fingerprint density at radius 2 is 0.938 bits per heavy atom. The van der Waals surface area contributed by atoms with Gasteiger partial charge in [-0.25, -0.2) is 0 Å². The highest BCUT2D eigenvalue weighted by Crippen LogP contribution is 2.48. The quantitative estimate of drug-likeness (QED) is 0.153. The lowest BCUT2D eigenvalue weighted by Gasteiger charge is -2.35. The van der Waals surface area contributed by atoms with E-state index in [1.165, 1.54) is 133 Å². The van der Waals surface area contributed by atoms with E-state index in [-0.39, 0.29) is 6.85 Å². The van der Waals surface area contributed by atoms with Crippen molar-refractivity contribution in [3.05, 3.63) is 224 Å². The van der Waals surface area contributed by atoms with Gasteiger partial charge in [-0.05, 0) is 133 Å². The third-order valence-corrected chi connectivity index (χ3v) is 14.2. The van der Waals surface area contributed by atoms with Crippen LogP contribution in [0, 0.1) is 6.92 Å². The van der Waals surface area contributed by atoms with Crippen LogP contribution in [-0.4, -0.2) is 15.9 Å². The molecule has 12 aromatic rings. The Hall–Kier alpha value is -8.14. The smallest absolute Gasteiger partial charge is 0.333 e. The van der Waals surface area contributed by atoms with Gasteiger partial charge in [0.2, 0.25) is 0 Å². The predicted molar refractivity (Wildman–Crippen MR) is 272 cm³/mol. The van der Waals surface area contributed by atoms with E-state index < -0.39 is 0 Å². The lowest BCUT2D eigenvalue weighted by Crippen LogP contribution is -2.55. The Morgan fingerprint density at radius 1 is 0.344 bits per heavy atom. The van der Waals surface area contributed by atoms with Crippen LogP contribution in [-0.2, 0) is 0 Å². The Kier molecular flexibility index (Phi) is 7.44. The van der Waals surface area contributed by atoms with E-state index in [4.69, 9.17) is 0 Å². The molecule has 14 rings (SSSR count). The summed E-state index contributed by atoms with van der Waals surface area (Å²) in [5, 5.41) is 5.14. The average Bonchev–Trinajstić information content (AvgIpc) is 3.88. The molecular weight excluding hydrogens is 771 g/mol. The van der Waals surface area contributed by atoms with Crippen molar-refractivity contribution >= 4 is 61.4 Å². The van der Waals surface area contributed by atoms with Crippen LogP contribution in [0.15, 0.2) is 218 Å². The molecule has 296 valence electrons. The number of benzene rings is 10. The lowest BCUT2D eigenvalue weighted by atomic mass is 9.45. The number of nitrogens with zero attached hydrogens (tertiary/aromatic N) is 2. The fraction of sp³-hybridized carbons (Fsp3) is 0.0164. The fourth-order valence-corrected chi connectivity index (χ4v) is 11.4. The summed E-state index contributed by atoms with van der Waals surface area (Å²) in [6.07, 6.45) is 0. The van der Waals surface area contributed by atoms with E-state index in [9.17, 15) is 0 Å². The van der Waals surface area contributed by atoms with E-state index in [2.05, 4.69) is 234 Å². The normalized spacial score (nSPS) is 12.4. The Morgan fingerprint density at radius 3 is 1.67 bits per heavy atom. The van der Waals surface area contributed by atoms with Gasteiger partial charge >= 0.3 is 6.85 Å². The van der Waals surface area contributed by atoms with Crippen LogP contribution < -0.4 is 10.9 Å². The molecule has 0 amide bonds. The van der Waals surface area contributed by atoms with Gasteiger partial charge in [0, 0.05) is 43.8 Å². The van der Waals surface area contributed by atoms with Gasteiger partial charge in [0.15, 0.2) is 0 Å². The Labute approximate surface area is 372 Å². The molecule has 2 nitrogen and oxygen atoms in total. The zero-order chi connectivity index (χ0) is 42.0. The summed E-state index contributed by atoms with van der Waals surface area (Å²) in [4.78, 5) is 0. The average molecular weight is 811 g/mol. The molecule has 2 aliphatic rings. The van der Waals surface area contributed by atoms with Crippen LogP contribution in [0.4, 0.5) is 0 Å². The molecule has 0 atom stereocenters. The lowest BCUT2D eigenvalue weighted by molar-refractivity contribution is 1.17. The Bertz CT molecular complexity index is 3840. The highest BCUT2D eigenvalue weighted by Gasteiger charge is 2.42. The second-order valence-corrected chi connectivity index (χ2v) is 17.7. The third-order valence-electron chi connectivity index (χ3n) is 14.2. The third kappa shape index (κ3) is 4.98. The molecule has 0 unspecified atom stereocenters. The second kappa shape index (κ2) is 13.4. The first-order valence-corrected chi connectivity index (χ1v) is 22.4. The molecule has 0 spiro atoms. The number of aromatic nitrogens is 2. The van der Waals surface area contributed by atoms with Crippen molar-refractivity contribution in [2.24, 2.45) is 0 Å². The summed E-state index contributed by atoms with van der Waals surface area (Å²) >= 11 is 0. The van der Waals surface area contributed by atoms with Crippen molar-refractivity contribution < 1.29 is 0 Å². The molecule has 10 aromatic carbocycles. The van der Waals surface area contributed by atoms with Crippen LogP contribution in [0.5, 0.6) is 0 Å². The first-order valence-electron chi connectivity index (χ1n) is 22.4. The summed E-state index contributed by atoms with van der Waals surface area (Å²) in [7, 11) is 0. The zero-order valence-corrected chi connectivity index (χ0v) is 35.3. The minimum atomic E-state index is -0.0787. The van der Waals surface area contributed by atoms with Crippen molar-refractivity contribution in [1.82, 2.24) is 9.05 Å². The topological polar surface area (TPSA) is 9.86 Å². The summed E-state index contributed by atoms with van der Waals surface area (Å²) < 4.78 is 5.29. The van der Waals surface area contributed by atoms with Crippen LogP contribution in [0.3, 0.4) is 0 Å². The summed E-state index contributed by atoms with van der Waals surface area (Å²) in [6.45, 7) is 2.17. The van der Waals surface area contributed by atoms with Gasteiger partial charge < -0.3 is 9.05 Å². The maximum atomic E-state index is 2.69. The molecular formula is C61H39BN2. The number of hydrogen-bond donors (Lipinski definition) is 0. The number of rotatable bonds is 5. The predicted octanol–water partition coefficient (Wildman–Crippen LogP) is 14.5. The van der Waals surface area contributed by atoms with Crippen molar-refractivity contribution in [2.45, 2.75) is 6.92 Å². The van der Waals surface area contributed by atoms with Crippen LogP contribution in [0.25, 0.3) is 116 Å². The minimum absolute atomic E-state index is 0.0787. The van der Waals surface area contributed by atoms with Crippen molar-refractivity contribution in [1.29, 1.82) is 0 Å². The number of aryl methyl sites for hydroxylation is 1. The van der Waals surface area contributed by atoms with E-state index in [0.29, 0.717) is 0 Å². The highest BCUT2D eigenvalue weighted by atomic mass is 15.0. The first-order chi connectivity index (χ1) is 31.7. The second-order valence-electron chi connectivity index (χ2n) is 17.7.